The fourth-order valence-electron chi connectivity index (χ4n) is 2.11. The molecule has 0 aliphatic heterocycles. The Balaban J connectivity index is -0.000000250. The zero-order valence-corrected chi connectivity index (χ0v) is 34.3. The van der Waals surface area contributed by atoms with Crippen molar-refractivity contribution >= 4 is 44.1 Å². The van der Waals surface area contributed by atoms with Gasteiger partial charge in [0.25, 0.3) is 0 Å². The Hall–Kier alpha value is 4.53. The van der Waals surface area contributed by atoms with Crippen LogP contribution in [0.5, 0.6) is 0 Å². The van der Waals surface area contributed by atoms with Crippen molar-refractivity contribution < 1.29 is 58.2 Å². The summed E-state index contributed by atoms with van der Waals surface area (Å²) in [6.07, 6.45) is 26.4. The van der Waals surface area contributed by atoms with E-state index >= 15 is 0 Å². The topological polar surface area (TPSA) is 0 Å². The quantitative estimate of drug-likeness (QED) is 0.0680. The smallest absolute Gasteiger partial charge is 1.00 e. The first-order valence-electron chi connectivity index (χ1n) is 13.3. The maximum atomic E-state index is 2.32. The molecule has 0 fully saturated rings. The summed E-state index contributed by atoms with van der Waals surface area (Å²) >= 11 is 1.43. The zero-order valence-electron chi connectivity index (χ0n) is 23.1. The van der Waals surface area contributed by atoms with E-state index in [0.29, 0.717) is 24.2 Å². The van der Waals surface area contributed by atoms with Gasteiger partial charge in [-0.1, -0.05) is 0 Å². The van der Waals surface area contributed by atoms with E-state index in [4.69, 9.17) is 0 Å². The average molecular weight is 812 g/mol. The largest absolute Gasteiger partial charge is 1.00 e. The maximum Gasteiger partial charge on any atom is -1.00 e. The molecule has 0 bridgehead atoms. The molecule has 220 valence electrons. The third kappa shape index (κ3) is 38.7. The SMILES string of the molecule is CCCC[PH][Ni+]([PH]CCCC)[PH]CCCC.CCCC[PH][Ni+]([PH]CCCC)[PH]CCCC.[Br-].[Br-]. The molecule has 0 saturated heterocycles. The van der Waals surface area contributed by atoms with Crippen LogP contribution in [0.3, 0.4) is 0 Å². The summed E-state index contributed by atoms with van der Waals surface area (Å²) in [7, 11) is 7.91. The molecule has 0 aliphatic rings. The van der Waals surface area contributed by atoms with Crippen LogP contribution >= 0.6 is 44.1 Å². The van der Waals surface area contributed by atoms with Crippen LogP contribution in [0.1, 0.15) is 119 Å². The molecule has 0 nitrogen and oxygen atoms in total. The third-order valence-electron chi connectivity index (χ3n) is 4.33. The van der Waals surface area contributed by atoms with Crippen LogP contribution < -0.4 is 34.0 Å². The van der Waals surface area contributed by atoms with Crippen LogP contribution in [0.25, 0.3) is 0 Å². The molecule has 6 unspecified atom stereocenters. The van der Waals surface area contributed by atoms with Crippen molar-refractivity contribution in [3.63, 3.8) is 0 Å². The summed E-state index contributed by atoms with van der Waals surface area (Å²) in [6.45, 7) is 13.9. The van der Waals surface area contributed by atoms with Crippen molar-refractivity contribution in [3.05, 3.63) is 0 Å². The van der Waals surface area contributed by atoms with Crippen molar-refractivity contribution in [2.45, 2.75) is 119 Å². The standard InChI is InChI=1S/6C4H10P.2BrH.2Ni/c6*1-2-3-4-5;;;;/h6*5H,2-4H2,1H3;2*1H;;/q6*-1;;;2*+4/p-2. The van der Waals surface area contributed by atoms with E-state index in [2.05, 4.69) is 41.5 Å². The van der Waals surface area contributed by atoms with Crippen molar-refractivity contribution in [1.29, 1.82) is 0 Å². The number of hydrogen-bond acceptors (Lipinski definition) is 0. The molecule has 6 atom stereocenters. The van der Waals surface area contributed by atoms with Gasteiger partial charge in [-0.3, -0.25) is 0 Å². The Morgan fingerprint density at radius 2 is 0.471 bits per heavy atom. The fraction of sp³-hybridized carbons (Fsp3) is 1.00. The maximum absolute atomic E-state index is 2.32. The predicted molar refractivity (Wildman–Crippen MR) is 169 cm³/mol. The molecule has 0 rings (SSSR count). The van der Waals surface area contributed by atoms with Crippen molar-refractivity contribution in [1.82, 2.24) is 0 Å². The van der Waals surface area contributed by atoms with Gasteiger partial charge in [-0.25, -0.2) is 0 Å². The first kappa shape index (κ1) is 45.5. The normalized spacial score (nSPS) is 13.2. The summed E-state index contributed by atoms with van der Waals surface area (Å²) in [5, 5.41) is 0. The van der Waals surface area contributed by atoms with E-state index in [9.17, 15) is 0 Å². The van der Waals surface area contributed by atoms with Gasteiger partial charge in [0.2, 0.25) is 0 Å². The molecule has 0 heterocycles. The first-order valence-corrected chi connectivity index (χ1v) is 28.3. The van der Waals surface area contributed by atoms with E-state index in [1.165, 1.54) is 158 Å². The summed E-state index contributed by atoms with van der Waals surface area (Å²) in [5.74, 6) is 0. The minimum absolute atomic E-state index is 0. The van der Waals surface area contributed by atoms with E-state index < -0.39 is 0 Å². The van der Waals surface area contributed by atoms with Gasteiger partial charge in [0.1, 0.15) is 0 Å². The molecular formula is C24H60Br2Ni2P6. The van der Waals surface area contributed by atoms with Crippen LogP contribution in [0, 0.1) is 0 Å². The Labute approximate surface area is 255 Å². The van der Waals surface area contributed by atoms with Crippen LogP contribution in [-0.2, 0) is 24.2 Å². The zero-order chi connectivity index (χ0) is 24.1. The van der Waals surface area contributed by atoms with Gasteiger partial charge >= 0.3 is 224 Å². The van der Waals surface area contributed by atoms with Crippen LogP contribution in [0.2, 0.25) is 0 Å². The van der Waals surface area contributed by atoms with E-state index in [1.807, 2.05) is 0 Å². The summed E-state index contributed by atoms with van der Waals surface area (Å²) in [6, 6.07) is 0. The van der Waals surface area contributed by atoms with Crippen molar-refractivity contribution in [3.8, 4) is 0 Å². The van der Waals surface area contributed by atoms with E-state index in [1.54, 1.807) is 0 Å². The second-order valence-corrected chi connectivity index (χ2v) is 35.5. The van der Waals surface area contributed by atoms with Gasteiger partial charge in [0.05, 0.1) is 0 Å². The van der Waals surface area contributed by atoms with Crippen molar-refractivity contribution in [2.75, 3.05) is 37.0 Å². The molecule has 0 aromatic rings. The van der Waals surface area contributed by atoms with Gasteiger partial charge < -0.3 is 34.0 Å². The molecule has 0 spiro atoms. The average Bonchev–Trinajstić information content (AvgIpc) is 2.80. The summed E-state index contributed by atoms with van der Waals surface area (Å²) in [4.78, 5) is 0. The molecule has 0 aliphatic carbocycles. The predicted octanol–water partition coefficient (Wildman–Crippen LogP) is 5.58. The minimum atomic E-state index is 0. The molecule has 0 radical (unpaired) electrons. The Kier molecular flexibility index (Phi) is 56.2. The Morgan fingerprint density at radius 1 is 0.324 bits per heavy atom. The molecule has 0 aromatic carbocycles. The van der Waals surface area contributed by atoms with Crippen molar-refractivity contribution in [2.24, 2.45) is 0 Å². The molecular weight excluding hydrogens is 751 g/mol. The second-order valence-electron chi connectivity index (χ2n) is 7.77. The molecule has 0 amide bonds. The first-order chi connectivity index (χ1) is 15.7. The monoisotopic (exact) mass is 808 g/mol. The number of hydrogen-bond donors (Lipinski definition) is 0. The molecule has 0 N–H and O–H groups in total. The molecule has 0 aromatic heterocycles. The Morgan fingerprint density at radius 3 is 0.588 bits per heavy atom. The van der Waals surface area contributed by atoms with Gasteiger partial charge in [0, 0.05) is 0 Å². The third-order valence-corrected chi connectivity index (χ3v) is 36.1. The second kappa shape index (κ2) is 42.0. The van der Waals surface area contributed by atoms with Crippen LogP contribution in [0.4, 0.5) is 0 Å². The van der Waals surface area contributed by atoms with Crippen LogP contribution in [0.15, 0.2) is 0 Å². The molecule has 0 saturated carbocycles. The number of unbranched alkanes of at least 4 members (excludes halogenated alkanes) is 6. The van der Waals surface area contributed by atoms with Gasteiger partial charge in [-0.15, -0.1) is 0 Å². The molecule has 10 heteroatoms. The van der Waals surface area contributed by atoms with Gasteiger partial charge in [-0.2, -0.15) is 0 Å². The van der Waals surface area contributed by atoms with Gasteiger partial charge in [-0.05, 0) is 0 Å². The van der Waals surface area contributed by atoms with Gasteiger partial charge in [0.15, 0.2) is 0 Å². The van der Waals surface area contributed by atoms with E-state index in [-0.39, 0.29) is 34.0 Å². The minimum Gasteiger partial charge on any atom is -1.00 e. The number of rotatable bonds is 24. The fourth-order valence-corrected chi connectivity index (χ4v) is 33.7. The summed E-state index contributed by atoms with van der Waals surface area (Å²) in [5.41, 5.74) is 0. The number of halogens is 2. The summed E-state index contributed by atoms with van der Waals surface area (Å²) < 4.78 is 0. The molecule has 34 heavy (non-hydrogen) atoms. The van der Waals surface area contributed by atoms with E-state index in [0.717, 1.165) is 0 Å². The van der Waals surface area contributed by atoms with Crippen LogP contribution in [-0.4, -0.2) is 37.0 Å². The Bertz CT molecular complexity index is 260.